The summed E-state index contributed by atoms with van der Waals surface area (Å²) in [5, 5.41) is 0.614. The van der Waals surface area contributed by atoms with E-state index < -0.39 is 0 Å². The maximum Gasteiger partial charge on any atom is 0.235 e. The molecule has 0 radical (unpaired) electrons. The fourth-order valence-corrected chi connectivity index (χ4v) is 1.80. The molecule has 0 atom stereocenters. The van der Waals surface area contributed by atoms with Crippen LogP contribution in [0.25, 0.3) is 10.6 Å². The van der Waals surface area contributed by atoms with E-state index in [0.717, 1.165) is 22.6 Å². The van der Waals surface area contributed by atoms with Gasteiger partial charge >= 0.3 is 0 Å². The molecule has 0 N–H and O–H groups in total. The molecule has 76 valence electrons. The van der Waals surface area contributed by atoms with E-state index in [4.69, 9.17) is 6.11 Å². The first kappa shape index (κ1) is 8.61. The van der Waals surface area contributed by atoms with Gasteiger partial charge in [-0.05, 0) is 24.3 Å². The molecule has 0 amide bonds. The van der Waals surface area contributed by atoms with Gasteiger partial charge in [-0.25, -0.2) is 4.98 Å². The summed E-state index contributed by atoms with van der Waals surface area (Å²) < 4.78 is 12.0. The monoisotopic (exact) mass is 220 g/mol. The summed E-state index contributed by atoms with van der Waals surface area (Å²) in [7, 11) is 1.60. The lowest BCUT2D eigenvalue weighted by Gasteiger charge is -2.01. The minimum atomic E-state index is -0.277. The SMILES string of the molecule is [2H]c1cnc(-c2ccc(OC)cc2)sc1=O. The molecule has 0 aliphatic rings. The summed E-state index contributed by atoms with van der Waals surface area (Å²) in [5.74, 6) is 0.758. The summed E-state index contributed by atoms with van der Waals surface area (Å²) in [6.07, 6.45) is 1.28. The number of hydrogen-bond acceptors (Lipinski definition) is 4. The van der Waals surface area contributed by atoms with Crippen LogP contribution in [0.3, 0.4) is 0 Å². The highest BCUT2D eigenvalue weighted by Crippen LogP contribution is 2.21. The standard InChI is InChI=1S/C11H9NO2S/c1-14-9-4-2-8(3-5-9)11-12-7-6-10(13)15-11/h2-7H,1H3/i6D. The van der Waals surface area contributed by atoms with Gasteiger partial charge < -0.3 is 4.74 Å². The van der Waals surface area contributed by atoms with Crippen LogP contribution in [0.1, 0.15) is 1.37 Å². The first-order valence-corrected chi connectivity index (χ1v) is 5.13. The van der Waals surface area contributed by atoms with E-state index in [9.17, 15) is 4.79 Å². The van der Waals surface area contributed by atoms with Crippen LogP contribution < -0.4 is 9.48 Å². The van der Waals surface area contributed by atoms with Crippen molar-refractivity contribution in [2.24, 2.45) is 0 Å². The Morgan fingerprint density at radius 3 is 2.73 bits per heavy atom. The molecule has 15 heavy (non-hydrogen) atoms. The molecule has 0 aliphatic heterocycles. The Morgan fingerprint density at radius 1 is 1.40 bits per heavy atom. The zero-order chi connectivity index (χ0) is 11.5. The molecule has 1 heterocycles. The van der Waals surface area contributed by atoms with E-state index in [-0.39, 0.29) is 10.8 Å². The van der Waals surface area contributed by atoms with Crippen molar-refractivity contribution in [3.63, 3.8) is 0 Å². The molecule has 1 aromatic heterocycles. The van der Waals surface area contributed by atoms with E-state index in [1.807, 2.05) is 24.3 Å². The Morgan fingerprint density at radius 2 is 2.13 bits per heavy atom. The van der Waals surface area contributed by atoms with Crippen molar-refractivity contribution in [3.8, 4) is 16.3 Å². The number of aromatic nitrogens is 1. The Labute approximate surface area is 92.4 Å². The van der Waals surface area contributed by atoms with Gasteiger partial charge in [0.2, 0.25) is 4.74 Å². The minimum absolute atomic E-state index is 0.0674. The van der Waals surface area contributed by atoms with Gasteiger partial charge in [-0.15, -0.1) is 0 Å². The summed E-state index contributed by atoms with van der Waals surface area (Å²) >= 11 is 0.976. The fraction of sp³-hybridized carbons (Fsp3) is 0.0909. The van der Waals surface area contributed by atoms with Gasteiger partial charge in [-0.1, -0.05) is 11.3 Å². The molecule has 2 rings (SSSR count). The molecule has 0 saturated heterocycles. The van der Waals surface area contributed by atoms with Gasteiger partial charge in [0.05, 0.1) is 8.48 Å². The highest BCUT2D eigenvalue weighted by atomic mass is 32.1. The largest absolute Gasteiger partial charge is 0.497 e. The summed E-state index contributed by atoms with van der Waals surface area (Å²) in [5.41, 5.74) is 0.850. The quantitative estimate of drug-likeness (QED) is 0.778. The van der Waals surface area contributed by atoms with Crippen LogP contribution in [-0.2, 0) is 0 Å². The fourth-order valence-electron chi connectivity index (χ4n) is 1.15. The van der Waals surface area contributed by atoms with Crippen LogP contribution in [0.15, 0.2) is 41.3 Å². The average Bonchev–Trinajstić information content (AvgIpc) is 2.33. The average molecular weight is 220 g/mol. The molecule has 2 aromatic rings. The van der Waals surface area contributed by atoms with Crippen LogP contribution in [-0.4, -0.2) is 12.1 Å². The van der Waals surface area contributed by atoms with Crippen molar-refractivity contribution in [1.29, 1.82) is 0 Å². The molecule has 0 unspecified atom stereocenters. The van der Waals surface area contributed by atoms with Crippen LogP contribution in [0.2, 0.25) is 0 Å². The third-order valence-electron chi connectivity index (χ3n) is 1.89. The normalized spacial score (nSPS) is 10.9. The topological polar surface area (TPSA) is 39.2 Å². The van der Waals surface area contributed by atoms with Gasteiger partial charge in [-0.3, -0.25) is 4.79 Å². The number of benzene rings is 1. The Balaban J connectivity index is 2.42. The molecular formula is C11H9NO2S. The Hall–Kier alpha value is -1.68. The number of nitrogens with zero attached hydrogens (tertiary/aromatic N) is 1. The Bertz CT molecular complexity index is 551. The van der Waals surface area contributed by atoms with Crippen LogP contribution in [0.5, 0.6) is 5.75 Å². The van der Waals surface area contributed by atoms with Gasteiger partial charge in [-0.2, -0.15) is 0 Å². The smallest absolute Gasteiger partial charge is 0.235 e. The maximum absolute atomic E-state index is 11.3. The number of methoxy groups -OCH3 is 1. The molecule has 4 heteroatoms. The molecule has 3 nitrogen and oxygen atoms in total. The molecule has 0 fully saturated rings. The highest BCUT2D eigenvalue weighted by Gasteiger charge is 2.00. The molecule has 0 saturated carbocycles. The lowest BCUT2D eigenvalue weighted by atomic mass is 10.2. The zero-order valence-electron chi connectivity index (χ0n) is 9.06. The van der Waals surface area contributed by atoms with Gasteiger partial charge in [0.1, 0.15) is 10.8 Å². The molecular weight excluding hydrogens is 210 g/mol. The van der Waals surface area contributed by atoms with Gasteiger partial charge in [0, 0.05) is 17.8 Å². The van der Waals surface area contributed by atoms with Crippen molar-refractivity contribution < 1.29 is 6.11 Å². The van der Waals surface area contributed by atoms with Crippen molar-refractivity contribution in [2.75, 3.05) is 7.11 Å². The molecule has 0 bridgehead atoms. The van der Waals surface area contributed by atoms with Crippen LogP contribution in [0, 0.1) is 0 Å². The first-order valence-electron chi connectivity index (χ1n) is 4.82. The second-order valence-corrected chi connectivity index (χ2v) is 3.79. The first-order chi connectivity index (χ1) is 7.70. The predicted octanol–water partition coefficient (Wildman–Crippen LogP) is 2.18. The van der Waals surface area contributed by atoms with Crippen molar-refractivity contribution in [1.82, 2.24) is 4.98 Å². The lowest BCUT2D eigenvalue weighted by molar-refractivity contribution is 0.415. The third kappa shape index (κ3) is 2.22. The number of rotatable bonds is 2. The highest BCUT2D eigenvalue weighted by molar-refractivity contribution is 7.12. The molecule has 0 aliphatic carbocycles. The zero-order valence-corrected chi connectivity index (χ0v) is 8.88. The van der Waals surface area contributed by atoms with E-state index >= 15 is 0 Å². The summed E-state index contributed by atoms with van der Waals surface area (Å²) in [4.78, 5) is 15.4. The van der Waals surface area contributed by atoms with Crippen LogP contribution in [0.4, 0.5) is 0 Å². The summed E-state index contributed by atoms with van der Waals surface area (Å²) in [6.45, 7) is 0. The molecule has 1 aromatic carbocycles. The van der Waals surface area contributed by atoms with Crippen molar-refractivity contribution in [2.45, 2.75) is 0 Å². The Kier molecular flexibility index (Phi) is 2.43. The van der Waals surface area contributed by atoms with E-state index in [2.05, 4.69) is 4.98 Å². The predicted molar refractivity (Wildman–Crippen MR) is 60.4 cm³/mol. The van der Waals surface area contributed by atoms with E-state index in [1.54, 1.807) is 7.11 Å². The van der Waals surface area contributed by atoms with Crippen molar-refractivity contribution >= 4 is 11.3 Å². The number of hydrogen-bond donors (Lipinski definition) is 0. The van der Waals surface area contributed by atoms with Crippen molar-refractivity contribution in [3.05, 3.63) is 46.0 Å². The minimum Gasteiger partial charge on any atom is -0.497 e. The second-order valence-electron chi connectivity index (χ2n) is 2.83. The second kappa shape index (κ2) is 4.23. The van der Waals surface area contributed by atoms with E-state index in [0.29, 0.717) is 5.01 Å². The van der Waals surface area contributed by atoms with Gasteiger partial charge in [0.25, 0.3) is 0 Å². The number of ether oxygens (including phenoxy) is 1. The third-order valence-corrected chi connectivity index (χ3v) is 2.73. The van der Waals surface area contributed by atoms with Gasteiger partial charge in [0.15, 0.2) is 0 Å². The summed E-state index contributed by atoms with van der Waals surface area (Å²) in [6, 6.07) is 7.22. The molecule has 0 spiro atoms. The lowest BCUT2D eigenvalue weighted by Crippen LogP contribution is -1.92. The van der Waals surface area contributed by atoms with E-state index in [1.165, 1.54) is 6.20 Å². The maximum atomic E-state index is 11.3. The van der Waals surface area contributed by atoms with Crippen LogP contribution >= 0.6 is 11.3 Å².